The van der Waals surface area contributed by atoms with Crippen LogP contribution in [0.4, 0.5) is 0 Å². The van der Waals surface area contributed by atoms with E-state index in [1.807, 2.05) is 13.8 Å². The van der Waals surface area contributed by atoms with Crippen molar-refractivity contribution in [2.75, 3.05) is 0 Å². The van der Waals surface area contributed by atoms with E-state index in [9.17, 15) is 9.59 Å². The van der Waals surface area contributed by atoms with Gasteiger partial charge in [-0.2, -0.15) is 0 Å². The molecule has 1 fully saturated rings. The third kappa shape index (κ3) is 10.8. The van der Waals surface area contributed by atoms with Gasteiger partial charge >= 0.3 is 11.9 Å². The van der Waals surface area contributed by atoms with Gasteiger partial charge in [0.15, 0.2) is 0 Å². The summed E-state index contributed by atoms with van der Waals surface area (Å²) in [5.74, 6) is -0.448. The highest BCUT2D eigenvalue weighted by atomic mass is 16.6. The molecule has 158 valence electrons. The Labute approximate surface area is 166 Å². The zero-order chi connectivity index (χ0) is 20.3. The number of carbonyl (C=O) groups excluding carboxylic acids is 1. The number of hydrogen-bond acceptors (Lipinski definition) is 3. The summed E-state index contributed by atoms with van der Waals surface area (Å²) >= 11 is 0. The number of carbonyl (C=O) groups is 2. The van der Waals surface area contributed by atoms with Gasteiger partial charge in [0.1, 0.15) is 5.60 Å². The van der Waals surface area contributed by atoms with Crippen molar-refractivity contribution in [3.05, 3.63) is 0 Å². The summed E-state index contributed by atoms with van der Waals surface area (Å²) in [4.78, 5) is 23.4. The first-order chi connectivity index (χ1) is 12.7. The Kier molecular flexibility index (Phi) is 11.0. The van der Waals surface area contributed by atoms with Crippen LogP contribution in [0.25, 0.3) is 0 Å². The lowest BCUT2D eigenvalue weighted by atomic mass is 9.82. The summed E-state index contributed by atoms with van der Waals surface area (Å²) in [6.07, 6.45) is 13.6. The molecule has 4 nitrogen and oxygen atoms in total. The molecule has 0 heterocycles. The number of carboxylic acids is 1. The minimum Gasteiger partial charge on any atom is -0.481 e. The van der Waals surface area contributed by atoms with Crippen LogP contribution in [0.5, 0.6) is 0 Å². The molecular weight excluding hydrogens is 340 g/mol. The molecule has 0 atom stereocenters. The number of carboxylic acid groups (broad SMARTS) is 1. The van der Waals surface area contributed by atoms with Gasteiger partial charge in [-0.1, -0.05) is 58.8 Å². The van der Waals surface area contributed by atoms with E-state index in [2.05, 4.69) is 13.8 Å². The molecule has 0 bridgehead atoms. The average molecular weight is 383 g/mol. The van der Waals surface area contributed by atoms with Gasteiger partial charge in [-0.3, -0.25) is 9.59 Å². The van der Waals surface area contributed by atoms with E-state index < -0.39 is 11.6 Å². The molecule has 0 aromatic heterocycles. The molecule has 0 aromatic carbocycles. The SMILES string of the molecule is CC(C)CCCCCCCCCC(C)(C)OC(=O)C1CCC(C(=O)O)CC1. The molecule has 0 spiro atoms. The van der Waals surface area contributed by atoms with Gasteiger partial charge in [0.2, 0.25) is 0 Å². The molecule has 1 saturated carbocycles. The summed E-state index contributed by atoms with van der Waals surface area (Å²) in [5.41, 5.74) is -0.419. The van der Waals surface area contributed by atoms with Crippen LogP contribution in [-0.4, -0.2) is 22.6 Å². The van der Waals surface area contributed by atoms with E-state index in [1.54, 1.807) is 0 Å². The van der Waals surface area contributed by atoms with Gasteiger partial charge in [-0.05, 0) is 58.3 Å². The lowest BCUT2D eigenvalue weighted by Crippen LogP contribution is -2.34. The topological polar surface area (TPSA) is 63.6 Å². The Hall–Kier alpha value is -1.06. The minimum absolute atomic E-state index is 0.120. The molecule has 0 radical (unpaired) electrons. The fourth-order valence-corrected chi connectivity index (χ4v) is 3.97. The first-order valence-electron chi connectivity index (χ1n) is 11.2. The van der Waals surface area contributed by atoms with Crippen molar-refractivity contribution < 1.29 is 19.4 Å². The predicted molar refractivity (Wildman–Crippen MR) is 110 cm³/mol. The summed E-state index contributed by atoms with van der Waals surface area (Å²) in [6, 6.07) is 0. The summed E-state index contributed by atoms with van der Waals surface area (Å²) in [7, 11) is 0. The Morgan fingerprint density at radius 3 is 1.89 bits per heavy atom. The quantitative estimate of drug-likeness (QED) is 0.297. The molecule has 0 unspecified atom stereocenters. The maximum absolute atomic E-state index is 12.4. The van der Waals surface area contributed by atoms with Crippen LogP contribution < -0.4 is 0 Å². The fraction of sp³-hybridized carbons (Fsp3) is 0.913. The van der Waals surface area contributed by atoms with Crippen LogP contribution >= 0.6 is 0 Å². The second-order valence-electron chi connectivity index (χ2n) is 9.47. The number of rotatable bonds is 13. The Balaban J connectivity index is 2.11. The Morgan fingerprint density at radius 2 is 1.37 bits per heavy atom. The van der Waals surface area contributed by atoms with Crippen molar-refractivity contribution in [3.8, 4) is 0 Å². The number of hydrogen-bond donors (Lipinski definition) is 1. The number of unbranched alkanes of at least 4 members (excludes halogenated alkanes) is 6. The van der Waals surface area contributed by atoms with Crippen LogP contribution in [0.1, 0.15) is 111 Å². The second-order valence-corrected chi connectivity index (χ2v) is 9.47. The molecule has 1 N–H and O–H groups in total. The van der Waals surface area contributed by atoms with E-state index in [0.717, 1.165) is 18.8 Å². The molecule has 4 heteroatoms. The standard InChI is InChI=1S/C23H42O4/c1-18(2)12-10-8-6-5-7-9-11-17-23(3,4)27-22(26)20-15-13-19(14-16-20)21(24)25/h18-20H,5-17H2,1-4H3,(H,24,25). The minimum atomic E-state index is -0.734. The molecule has 0 saturated heterocycles. The van der Waals surface area contributed by atoms with Gasteiger partial charge in [-0.15, -0.1) is 0 Å². The van der Waals surface area contributed by atoms with Crippen molar-refractivity contribution in [2.24, 2.45) is 17.8 Å². The first kappa shape index (κ1) is 24.0. The first-order valence-corrected chi connectivity index (χ1v) is 11.2. The lowest BCUT2D eigenvalue weighted by molar-refractivity contribution is -0.165. The van der Waals surface area contributed by atoms with Gasteiger partial charge in [0, 0.05) is 0 Å². The zero-order valence-corrected chi connectivity index (χ0v) is 18.1. The van der Waals surface area contributed by atoms with Crippen LogP contribution in [0, 0.1) is 17.8 Å². The third-order valence-corrected chi connectivity index (χ3v) is 5.85. The summed E-state index contributed by atoms with van der Waals surface area (Å²) < 4.78 is 5.77. The largest absolute Gasteiger partial charge is 0.481 e. The van der Waals surface area contributed by atoms with Gasteiger partial charge in [-0.25, -0.2) is 0 Å². The highest BCUT2D eigenvalue weighted by Crippen LogP contribution is 2.31. The van der Waals surface area contributed by atoms with E-state index in [-0.39, 0.29) is 17.8 Å². The molecule has 1 aliphatic carbocycles. The second kappa shape index (κ2) is 12.4. The van der Waals surface area contributed by atoms with Gasteiger partial charge in [0.25, 0.3) is 0 Å². The van der Waals surface area contributed by atoms with Crippen molar-refractivity contribution in [2.45, 2.75) is 117 Å². The van der Waals surface area contributed by atoms with Crippen molar-refractivity contribution in [1.29, 1.82) is 0 Å². The third-order valence-electron chi connectivity index (χ3n) is 5.85. The normalized spacial score (nSPS) is 20.6. The van der Waals surface area contributed by atoms with Crippen LogP contribution in [0.15, 0.2) is 0 Å². The molecule has 1 rings (SSSR count). The number of ether oxygens (including phenoxy) is 1. The highest BCUT2D eigenvalue weighted by molar-refractivity contribution is 5.74. The predicted octanol–water partition coefficient (Wildman–Crippen LogP) is 6.37. The van der Waals surface area contributed by atoms with Crippen molar-refractivity contribution >= 4 is 11.9 Å². The van der Waals surface area contributed by atoms with E-state index in [4.69, 9.17) is 9.84 Å². The van der Waals surface area contributed by atoms with Gasteiger partial charge < -0.3 is 9.84 Å². The smallest absolute Gasteiger partial charge is 0.309 e. The van der Waals surface area contributed by atoms with Crippen LogP contribution in [0.2, 0.25) is 0 Å². The molecule has 0 aliphatic heterocycles. The van der Waals surface area contributed by atoms with Crippen molar-refractivity contribution in [1.82, 2.24) is 0 Å². The molecule has 27 heavy (non-hydrogen) atoms. The molecule has 0 amide bonds. The number of esters is 1. The number of aliphatic carboxylic acids is 1. The van der Waals surface area contributed by atoms with Crippen molar-refractivity contribution in [3.63, 3.8) is 0 Å². The lowest BCUT2D eigenvalue weighted by Gasteiger charge is -2.30. The highest BCUT2D eigenvalue weighted by Gasteiger charge is 2.33. The monoisotopic (exact) mass is 382 g/mol. The fourth-order valence-electron chi connectivity index (χ4n) is 3.97. The Bertz CT molecular complexity index is 434. The summed E-state index contributed by atoms with van der Waals surface area (Å²) in [5, 5.41) is 9.06. The zero-order valence-electron chi connectivity index (χ0n) is 18.1. The van der Waals surface area contributed by atoms with Crippen LogP contribution in [-0.2, 0) is 14.3 Å². The molecule has 0 aromatic rings. The van der Waals surface area contributed by atoms with E-state index in [0.29, 0.717) is 25.7 Å². The van der Waals surface area contributed by atoms with Gasteiger partial charge in [0.05, 0.1) is 11.8 Å². The van der Waals surface area contributed by atoms with E-state index >= 15 is 0 Å². The van der Waals surface area contributed by atoms with Crippen LogP contribution in [0.3, 0.4) is 0 Å². The Morgan fingerprint density at radius 1 is 0.889 bits per heavy atom. The van der Waals surface area contributed by atoms with E-state index in [1.165, 1.54) is 44.9 Å². The maximum atomic E-state index is 12.4. The molecule has 1 aliphatic rings. The average Bonchev–Trinajstić information content (AvgIpc) is 2.59. The summed E-state index contributed by atoms with van der Waals surface area (Å²) in [6.45, 7) is 8.57. The maximum Gasteiger partial charge on any atom is 0.309 e. The molecular formula is C23H42O4.